The number of β-amino-alcohol motifs (C(OH)–C–C–N with tert-alkyl or cyclic N) is 1. The normalized spacial score (nSPS) is 22.4. The summed E-state index contributed by atoms with van der Waals surface area (Å²) in [5, 5.41) is 9.94. The maximum atomic E-state index is 12.9. The lowest BCUT2D eigenvalue weighted by molar-refractivity contribution is -0.137. The van der Waals surface area contributed by atoms with E-state index in [1.807, 2.05) is 4.90 Å². The zero-order valence-electron chi connectivity index (χ0n) is 12.2. The average Bonchev–Trinajstić information content (AvgIpc) is 2.88. The maximum Gasteiger partial charge on any atom is 0.416 e. The highest BCUT2D eigenvalue weighted by Gasteiger charge is 2.35. The fourth-order valence-corrected chi connectivity index (χ4v) is 2.97. The summed E-state index contributed by atoms with van der Waals surface area (Å²) < 4.78 is 38.7. The summed E-state index contributed by atoms with van der Waals surface area (Å²) >= 11 is 0. The standard InChI is InChI=1S/C16H16F3N3O/c17-16(18,19)13-3-1-2-12(4-13)15-5-14(23)9-22(15)8-11-6-20-10-21-7-11/h1-4,6-7,10,14-15,23H,5,8-9H2/t14-,15-/m0/s1. The van der Waals surface area contributed by atoms with Gasteiger partial charge in [-0.1, -0.05) is 12.1 Å². The van der Waals surface area contributed by atoms with Crippen molar-refractivity contribution in [2.45, 2.75) is 31.3 Å². The van der Waals surface area contributed by atoms with Crippen LogP contribution < -0.4 is 0 Å². The molecule has 3 rings (SSSR count). The van der Waals surface area contributed by atoms with Crippen LogP contribution in [0.1, 0.15) is 29.2 Å². The van der Waals surface area contributed by atoms with Crippen molar-refractivity contribution in [1.29, 1.82) is 0 Å². The van der Waals surface area contributed by atoms with Gasteiger partial charge in [0.15, 0.2) is 0 Å². The highest BCUT2D eigenvalue weighted by molar-refractivity contribution is 5.29. The Labute approximate surface area is 131 Å². The quantitative estimate of drug-likeness (QED) is 0.944. The van der Waals surface area contributed by atoms with E-state index < -0.39 is 17.8 Å². The summed E-state index contributed by atoms with van der Waals surface area (Å²) in [7, 11) is 0. The zero-order chi connectivity index (χ0) is 16.4. The van der Waals surface area contributed by atoms with E-state index >= 15 is 0 Å². The molecule has 0 aliphatic carbocycles. The molecule has 0 spiro atoms. The van der Waals surface area contributed by atoms with Gasteiger partial charge < -0.3 is 5.11 Å². The number of aromatic nitrogens is 2. The molecule has 2 atom stereocenters. The van der Waals surface area contributed by atoms with Gasteiger partial charge in [0.1, 0.15) is 6.33 Å². The first-order valence-corrected chi connectivity index (χ1v) is 7.26. The van der Waals surface area contributed by atoms with Gasteiger partial charge in [-0.15, -0.1) is 0 Å². The van der Waals surface area contributed by atoms with Crippen LogP contribution in [0, 0.1) is 0 Å². The molecule has 1 aliphatic rings. The van der Waals surface area contributed by atoms with Crippen LogP contribution in [-0.4, -0.2) is 32.6 Å². The molecule has 1 aliphatic heterocycles. The van der Waals surface area contributed by atoms with E-state index in [1.54, 1.807) is 18.5 Å². The Morgan fingerprint density at radius 3 is 2.65 bits per heavy atom. The molecule has 2 heterocycles. The number of nitrogens with zero attached hydrogens (tertiary/aromatic N) is 3. The molecule has 1 N–H and O–H groups in total. The van der Waals surface area contributed by atoms with E-state index in [9.17, 15) is 18.3 Å². The molecule has 1 aromatic heterocycles. The zero-order valence-corrected chi connectivity index (χ0v) is 12.2. The van der Waals surface area contributed by atoms with Crippen LogP contribution in [0.3, 0.4) is 0 Å². The van der Waals surface area contributed by atoms with Crippen molar-refractivity contribution in [3.63, 3.8) is 0 Å². The highest BCUT2D eigenvalue weighted by Crippen LogP contribution is 2.36. The number of benzene rings is 1. The second kappa shape index (κ2) is 6.25. The third kappa shape index (κ3) is 3.68. The molecule has 1 aromatic carbocycles. The number of alkyl halides is 3. The smallest absolute Gasteiger partial charge is 0.392 e. The van der Waals surface area contributed by atoms with Gasteiger partial charge in [-0.05, 0) is 24.1 Å². The molecule has 4 nitrogen and oxygen atoms in total. The SMILES string of the molecule is O[C@H]1C[C@@H](c2cccc(C(F)(F)F)c2)N(Cc2cncnc2)C1. The van der Waals surface area contributed by atoms with Gasteiger partial charge in [0, 0.05) is 37.1 Å². The van der Waals surface area contributed by atoms with E-state index in [2.05, 4.69) is 9.97 Å². The maximum absolute atomic E-state index is 12.9. The Bertz CT molecular complexity index is 663. The van der Waals surface area contributed by atoms with E-state index in [0.29, 0.717) is 25.1 Å². The molecular weight excluding hydrogens is 307 g/mol. The van der Waals surface area contributed by atoms with Crippen LogP contribution in [0.25, 0.3) is 0 Å². The number of hydrogen-bond donors (Lipinski definition) is 1. The van der Waals surface area contributed by atoms with Crippen molar-refractivity contribution in [1.82, 2.24) is 14.9 Å². The third-order valence-corrected chi connectivity index (χ3v) is 3.98. The largest absolute Gasteiger partial charge is 0.416 e. The molecule has 1 saturated heterocycles. The number of rotatable bonds is 3. The first-order chi connectivity index (χ1) is 10.9. The summed E-state index contributed by atoms with van der Waals surface area (Å²) in [5.41, 5.74) is 0.756. The summed E-state index contributed by atoms with van der Waals surface area (Å²) in [5.74, 6) is 0. The molecule has 1 fully saturated rings. The molecule has 122 valence electrons. The minimum atomic E-state index is -4.37. The molecule has 23 heavy (non-hydrogen) atoms. The van der Waals surface area contributed by atoms with Crippen LogP contribution in [0.2, 0.25) is 0 Å². The molecule has 0 unspecified atom stereocenters. The van der Waals surface area contributed by atoms with E-state index in [0.717, 1.165) is 17.7 Å². The Balaban J connectivity index is 1.85. The van der Waals surface area contributed by atoms with Gasteiger partial charge in [0.25, 0.3) is 0 Å². The van der Waals surface area contributed by atoms with Gasteiger partial charge in [-0.3, -0.25) is 4.90 Å². The first-order valence-electron chi connectivity index (χ1n) is 7.26. The number of aliphatic hydroxyl groups excluding tert-OH is 1. The van der Waals surface area contributed by atoms with E-state index in [-0.39, 0.29) is 6.04 Å². The van der Waals surface area contributed by atoms with E-state index in [1.165, 1.54) is 12.4 Å². The van der Waals surface area contributed by atoms with Crippen LogP contribution in [0.15, 0.2) is 43.0 Å². The molecule has 0 bridgehead atoms. The van der Waals surface area contributed by atoms with Crippen molar-refractivity contribution >= 4 is 0 Å². The summed E-state index contributed by atoms with van der Waals surface area (Å²) in [6, 6.07) is 5.05. The Kier molecular flexibility index (Phi) is 4.32. The highest BCUT2D eigenvalue weighted by atomic mass is 19.4. The van der Waals surface area contributed by atoms with Gasteiger partial charge in [0.2, 0.25) is 0 Å². The fraction of sp³-hybridized carbons (Fsp3) is 0.375. The average molecular weight is 323 g/mol. The van der Waals surface area contributed by atoms with Crippen LogP contribution in [0.5, 0.6) is 0 Å². The van der Waals surface area contributed by atoms with Gasteiger partial charge in [-0.2, -0.15) is 13.2 Å². The predicted octanol–water partition coefficient (Wildman–Crippen LogP) is 2.80. The molecule has 7 heteroatoms. The second-order valence-corrected chi connectivity index (χ2v) is 5.70. The summed E-state index contributed by atoms with van der Waals surface area (Å²) in [4.78, 5) is 9.84. The van der Waals surface area contributed by atoms with Crippen molar-refractivity contribution in [2.24, 2.45) is 0 Å². The number of aliphatic hydroxyl groups is 1. The Morgan fingerprint density at radius 1 is 1.22 bits per heavy atom. The lowest BCUT2D eigenvalue weighted by Gasteiger charge is -2.24. The van der Waals surface area contributed by atoms with Crippen molar-refractivity contribution in [2.75, 3.05) is 6.54 Å². The Hall–Kier alpha value is -1.99. The monoisotopic (exact) mass is 323 g/mol. The lowest BCUT2D eigenvalue weighted by atomic mass is 10.0. The predicted molar refractivity (Wildman–Crippen MR) is 77.3 cm³/mol. The Morgan fingerprint density at radius 2 is 1.96 bits per heavy atom. The third-order valence-electron chi connectivity index (χ3n) is 3.98. The number of hydrogen-bond acceptors (Lipinski definition) is 4. The lowest BCUT2D eigenvalue weighted by Crippen LogP contribution is -2.24. The fourth-order valence-electron chi connectivity index (χ4n) is 2.97. The van der Waals surface area contributed by atoms with Crippen LogP contribution in [0.4, 0.5) is 13.2 Å². The van der Waals surface area contributed by atoms with Gasteiger partial charge in [0.05, 0.1) is 11.7 Å². The van der Waals surface area contributed by atoms with Gasteiger partial charge in [-0.25, -0.2) is 9.97 Å². The molecule has 2 aromatic rings. The minimum Gasteiger partial charge on any atom is -0.392 e. The molecule has 0 amide bonds. The molecule has 0 saturated carbocycles. The topological polar surface area (TPSA) is 49.2 Å². The van der Waals surface area contributed by atoms with Crippen molar-refractivity contribution < 1.29 is 18.3 Å². The van der Waals surface area contributed by atoms with E-state index in [4.69, 9.17) is 0 Å². The second-order valence-electron chi connectivity index (χ2n) is 5.70. The minimum absolute atomic E-state index is 0.257. The first kappa shape index (κ1) is 15.9. The molecular formula is C16H16F3N3O. The van der Waals surface area contributed by atoms with Crippen LogP contribution in [-0.2, 0) is 12.7 Å². The summed E-state index contributed by atoms with van der Waals surface area (Å²) in [6.45, 7) is 0.897. The van der Waals surface area contributed by atoms with Crippen LogP contribution >= 0.6 is 0 Å². The van der Waals surface area contributed by atoms with Gasteiger partial charge >= 0.3 is 6.18 Å². The number of halogens is 3. The number of likely N-dealkylation sites (tertiary alicyclic amines) is 1. The van der Waals surface area contributed by atoms with Crippen molar-refractivity contribution in [3.8, 4) is 0 Å². The van der Waals surface area contributed by atoms with Crippen molar-refractivity contribution in [3.05, 3.63) is 59.7 Å². The summed E-state index contributed by atoms with van der Waals surface area (Å²) in [6.07, 6.45) is 0.244. The molecule has 0 radical (unpaired) electrons.